The summed E-state index contributed by atoms with van der Waals surface area (Å²) in [7, 11) is 3.75. The molecule has 2 unspecified atom stereocenters. The van der Waals surface area contributed by atoms with Crippen LogP contribution in [0.1, 0.15) is 35.7 Å². The maximum absolute atomic E-state index is 14.4. The smallest absolute Gasteiger partial charge is 0.167 e. The molecule has 0 N–H and O–H groups in total. The van der Waals surface area contributed by atoms with E-state index in [0.717, 1.165) is 12.1 Å². The second-order valence-corrected chi connectivity index (χ2v) is 7.65. The van der Waals surface area contributed by atoms with Gasteiger partial charge in [0.1, 0.15) is 0 Å². The van der Waals surface area contributed by atoms with Crippen molar-refractivity contribution in [2.24, 2.45) is 0 Å². The van der Waals surface area contributed by atoms with E-state index in [1.54, 1.807) is 12.1 Å². The van der Waals surface area contributed by atoms with Crippen molar-refractivity contribution in [1.29, 1.82) is 0 Å². The zero-order chi connectivity index (χ0) is 18.0. The number of aryl methyl sites for hydroxylation is 1. The molecule has 3 nitrogen and oxygen atoms in total. The van der Waals surface area contributed by atoms with E-state index in [1.807, 2.05) is 6.07 Å². The van der Waals surface area contributed by atoms with Gasteiger partial charge in [0.25, 0.3) is 0 Å². The second kappa shape index (κ2) is 5.58. The van der Waals surface area contributed by atoms with Crippen LogP contribution in [0.2, 0.25) is 0 Å². The van der Waals surface area contributed by atoms with Crippen LogP contribution in [0.15, 0.2) is 36.4 Å². The van der Waals surface area contributed by atoms with Crippen molar-refractivity contribution < 1.29 is 9.13 Å². The lowest BCUT2D eigenvalue weighted by Gasteiger charge is -2.32. The maximum atomic E-state index is 14.4. The van der Waals surface area contributed by atoms with E-state index in [9.17, 15) is 4.39 Å². The Balaban J connectivity index is 1.81. The van der Waals surface area contributed by atoms with Crippen molar-refractivity contribution >= 4 is 10.9 Å². The van der Waals surface area contributed by atoms with Gasteiger partial charge in [-0.15, -0.1) is 0 Å². The number of hydrogen-bond acceptors (Lipinski definition) is 2. The fraction of sp³-hybridized carbons (Fsp3) is 0.364. The van der Waals surface area contributed by atoms with Crippen LogP contribution in [0.5, 0.6) is 5.75 Å². The van der Waals surface area contributed by atoms with Crippen LogP contribution in [0.3, 0.4) is 0 Å². The van der Waals surface area contributed by atoms with Crippen LogP contribution in [0.4, 0.5) is 4.39 Å². The monoisotopic (exact) mass is 350 g/mol. The Labute approximate surface area is 153 Å². The third kappa shape index (κ3) is 2.08. The lowest BCUT2D eigenvalue weighted by atomic mass is 9.97. The Kier molecular flexibility index (Phi) is 3.41. The summed E-state index contributed by atoms with van der Waals surface area (Å²) < 4.78 is 21.8. The number of ether oxygens (including phenoxy) is 1. The minimum atomic E-state index is -0.316. The molecule has 1 aromatic heterocycles. The molecule has 0 radical (unpaired) electrons. The average molecular weight is 350 g/mol. The lowest BCUT2D eigenvalue weighted by Crippen LogP contribution is -2.34. The first-order chi connectivity index (χ1) is 12.6. The van der Waals surface area contributed by atoms with Gasteiger partial charge in [-0.05, 0) is 56.6 Å². The molecule has 0 spiro atoms. The normalized spacial score (nSPS) is 22.0. The number of halogens is 1. The molecule has 3 heterocycles. The Bertz CT molecular complexity index is 1020. The molecule has 5 rings (SSSR count). The zero-order valence-electron chi connectivity index (χ0n) is 15.4. The summed E-state index contributed by atoms with van der Waals surface area (Å²) in [6.07, 6.45) is 3.46. The predicted molar refractivity (Wildman–Crippen MR) is 102 cm³/mol. The molecule has 2 aliphatic rings. The highest BCUT2D eigenvalue weighted by Gasteiger charge is 2.41. The van der Waals surface area contributed by atoms with Crippen molar-refractivity contribution in [1.82, 2.24) is 9.47 Å². The summed E-state index contributed by atoms with van der Waals surface area (Å²) in [5, 5.41) is 1.31. The molecular weight excluding hydrogens is 327 g/mol. The first kappa shape index (κ1) is 15.9. The third-order valence-corrected chi connectivity index (χ3v) is 6.26. The number of aromatic nitrogens is 1. The van der Waals surface area contributed by atoms with Gasteiger partial charge in [-0.25, -0.2) is 4.39 Å². The fourth-order valence-electron chi connectivity index (χ4n) is 4.97. The van der Waals surface area contributed by atoms with Crippen LogP contribution in [-0.2, 0) is 6.42 Å². The summed E-state index contributed by atoms with van der Waals surface area (Å²) in [5.74, 6) is -0.0293. The topological polar surface area (TPSA) is 17.4 Å². The van der Waals surface area contributed by atoms with E-state index in [1.165, 1.54) is 47.7 Å². The van der Waals surface area contributed by atoms with E-state index in [4.69, 9.17) is 4.74 Å². The van der Waals surface area contributed by atoms with Crippen molar-refractivity contribution in [3.63, 3.8) is 0 Å². The zero-order valence-corrected chi connectivity index (χ0v) is 15.4. The highest BCUT2D eigenvalue weighted by atomic mass is 19.1. The SMILES string of the molecule is COc1ccc(-n2c3c(c4cc(C)ccc42)C2CCC(C3)N2C)cc1F. The van der Waals surface area contributed by atoms with Crippen molar-refractivity contribution in [2.45, 2.75) is 38.3 Å². The molecule has 2 aromatic carbocycles. The minimum Gasteiger partial charge on any atom is -0.494 e. The van der Waals surface area contributed by atoms with E-state index in [2.05, 4.69) is 41.6 Å². The molecule has 134 valence electrons. The maximum Gasteiger partial charge on any atom is 0.167 e. The highest BCUT2D eigenvalue weighted by molar-refractivity contribution is 5.89. The molecular formula is C22H23FN2O. The summed E-state index contributed by atoms with van der Waals surface area (Å²) >= 11 is 0. The molecule has 2 aliphatic heterocycles. The Morgan fingerprint density at radius 2 is 1.96 bits per heavy atom. The van der Waals surface area contributed by atoms with E-state index in [-0.39, 0.29) is 11.6 Å². The largest absolute Gasteiger partial charge is 0.494 e. The molecule has 1 saturated heterocycles. The predicted octanol–water partition coefficient (Wildman–Crippen LogP) is 4.78. The number of fused-ring (bicyclic) bond motifs is 6. The Morgan fingerprint density at radius 1 is 1.12 bits per heavy atom. The quantitative estimate of drug-likeness (QED) is 0.662. The van der Waals surface area contributed by atoms with Gasteiger partial charge in [0.05, 0.1) is 12.6 Å². The molecule has 26 heavy (non-hydrogen) atoms. The van der Waals surface area contributed by atoms with Gasteiger partial charge in [-0.3, -0.25) is 4.90 Å². The van der Waals surface area contributed by atoms with E-state index in [0.29, 0.717) is 12.1 Å². The van der Waals surface area contributed by atoms with Gasteiger partial charge >= 0.3 is 0 Å². The molecule has 2 bridgehead atoms. The Morgan fingerprint density at radius 3 is 2.73 bits per heavy atom. The lowest BCUT2D eigenvalue weighted by molar-refractivity contribution is 0.223. The average Bonchev–Trinajstić information content (AvgIpc) is 3.05. The molecule has 3 aromatic rings. The number of methoxy groups -OCH3 is 1. The molecule has 0 aliphatic carbocycles. The van der Waals surface area contributed by atoms with Crippen LogP contribution < -0.4 is 4.74 Å². The van der Waals surface area contributed by atoms with Gasteiger partial charge in [0.2, 0.25) is 0 Å². The second-order valence-electron chi connectivity index (χ2n) is 7.65. The van der Waals surface area contributed by atoms with Gasteiger partial charge in [-0.1, -0.05) is 11.6 Å². The first-order valence-electron chi connectivity index (χ1n) is 9.28. The summed E-state index contributed by atoms with van der Waals surface area (Å²) in [6, 6.07) is 12.9. The summed E-state index contributed by atoms with van der Waals surface area (Å²) in [6.45, 7) is 2.14. The molecule has 0 saturated carbocycles. The Hall–Kier alpha value is -2.33. The van der Waals surface area contributed by atoms with Crippen LogP contribution in [-0.4, -0.2) is 29.7 Å². The molecule has 4 heteroatoms. The van der Waals surface area contributed by atoms with Crippen molar-refractivity contribution in [3.8, 4) is 11.4 Å². The number of nitrogens with zero attached hydrogens (tertiary/aromatic N) is 2. The molecule has 1 fully saturated rings. The number of hydrogen-bond donors (Lipinski definition) is 0. The van der Waals surface area contributed by atoms with Gasteiger partial charge in [0.15, 0.2) is 11.6 Å². The van der Waals surface area contributed by atoms with Crippen LogP contribution in [0.25, 0.3) is 16.6 Å². The van der Waals surface area contributed by atoms with Crippen molar-refractivity contribution in [2.75, 3.05) is 14.2 Å². The van der Waals surface area contributed by atoms with Crippen LogP contribution in [0, 0.1) is 12.7 Å². The molecule has 0 amide bonds. The molecule has 2 atom stereocenters. The fourth-order valence-corrected chi connectivity index (χ4v) is 4.97. The number of rotatable bonds is 2. The van der Waals surface area contributed by atoms with Crippen LogP contribution >= 0.6 is 0 Å². The summed E-state index contributed by atoms with van der Waals surface area (Å²) in [5.41, 5.74) is 6.10. The van der Waals surface area contributed by atoms with Crippen molar-refractivity contribution in [3.05, 3.63) is 59.0 Å². The third-order valence-electron chi connectivity index (χ3n) is 6.26. The minimum absolute atomic E-state index is 0.287. The van der Waals surface area contributed by atoms with E-state index < -0.39 is 0 Å². The van der Waals surface area contributed by atoms with Gasteiger partial charge in [-0.2, -0.15) is 0 Å². The van der Waals surface area contributed by atoms with E-state index >= 15 is 0 Å². The van der Waals surface area contributed by atoms with Gasteiger partial charge < -0.3 is 9.30 Å². The number of likely N-dealkylation sites (N-methyl/N-ethyl adjacent to an activating group) is 1. The highest BCUT2D eigenvalue weighted by Crippen LogP contribution is 2.47. The standard InChI is InChI=1S/C22H23FN2O/c1-13-4-7-18-16(10-13)22-19-8-5-14(24(19)2)12-20(22)25(18)15-6-9-21(26-3)17(23)11-15/h4,6-7,9-11,14,19H,5,8,12H2,1-3H3. The van der Waals surface area contributed by atoms with Gasteiger partial charge in [0, 0.05) is 41.3 Å². The number of benzene rings is 2. The summed E-state index contributed by atoms with van der Waals surface area (Å²) in [4.78, 5) is 2.53. The first-order valence-corrected chi connectivity index (χ1v) is 9.28.